The van der Waals surface area contributed by atoms with Crippen LogP contribution in [0.4, 0.5) is 17.1 Å². The molecule has 0 fully saturated rings. The van der Waals surface area contributed by atoms with Crippen molar-refractivity contribution in [2.45, 2.75) is 62.2 Å². The van der Waals surface area contributed by atoms with Crippen molar-refractivity contribution in [3.8, 4) is 55.6 Å². The molecule has 103 heavy (non-hydrogen) atoms. The van der Waals surface area contributed by atoms with Crippen LogP contribution < -0.4 is 62.8 Å². The number of hydrogen-bond acceptors (Lipinski definition) is 2. The Kier molecular flexibility index (Phi) is 14.2. The van der Waals surface area contributed by atoms with E-state index in [1.54, 1.807) is 0 Å². The summed E-state index contributed by atoms with van der Waals surface area (Å²) in [6.45, 7) is 13.6. The van der Waals surface area contributed by atoms with E-state index in [1.807, 2.05) is 60.3 Å². The summed E-state index contributed by atoms with van der Waals surface area (Å²) in [6, 6.07) is 110. The zero-order valence-corrected chi connectivity index (χ0v) is 61.3. The molecular weight excluding hydrogens is 1290 g/mol. The minimum Gasteiger partial charge on any atom is -0.310 e. The first kappa shape index (κ1) is 54.7. The van der Waals surface area contributed by atoms with E-state index in [2.05, 4.69) is 313 Å². The van der Waals surface area contributed by atoms with Crippen LogP contribution in [0.25, 0.3) is 55.6 Å². The second-order valence-corrected chi connectivity index (χ2v) is 37.9. The molecule has 2 aliphatic heterocycles. The van der Waals surface area contributed by atoms with E-state index in [1.165, 1.54) is 31.8 Å². The molecule has 5 heteroatoms. The molecule has 0 aromatic heterocycles. The summed E-state index contributed by atoms with van der Waals surface area (Å²) >= 11 is 1.87. The van der Waals surface area contributed by atoms with Gasteiger partial charge in [-0.05, 0) is 143 Å². The summed E-state index contributed by atoms with van der Waals surface area (Å²) < 4.78 is 91.6. The molecule has 0 atom stereocenters. The van der Waals surface area contributed by atoms with Crippen LogP contribution in [-0.2, 0) is 10.8 Å². The standard InChI is InChI=1S/C98H80BNSSi2/c1-97(2,3)77-57-59-93-90(65-77)99-89-58-56-75(64-91(89)100(92-66-78(98(4,5)6)67-94(101-93)95(92)99)96-87(71-38-19-9-20-39-71)54-33-55-88(96)72-40-21-10-22-41-72)76-62-85(102(79-44-23-11-24-45-79,80-46-25-12-26-47-80)83-52-31-42-73(60-83)69-34-15-7-16-35-69)68-86(63-76)103(81-48-27-13-28-49-81,82-50-29-14-30-51-82)84-53-32-43-74(61-84)70-36-17-8-18-37-70/h7-68H,1-6H3/i7D,8D,15D,16D,17D,18D,34D,35D,36D,37D. The predicted molar refractivity (Wildman–Crippen MR) is 448 cm³/mol. The molecule has 17 rings (SSSR count). The highest BCUT2D eigenvalue weighted by atomic mass is 32.2. The van der Waals surface area contributed by atoms with Gasteiger partial charge in [0.15, 0.2) is 16.1 Å². The van der Waals surface area contributed by atoms with E-state index in [0.717, 1.165) is 97.4 Å². The van der Waals surface area contributed by atoms with Gasteiger partial charge in [-0.15, -0.1) is 0 Å². The Labute approximate surface area is 629 Å². The summed E-state index contributed by atoms with van der Waals surface area (Å²) in [7, 11) is -7.79. The van der Waals surface area contributed by atoms with Crippen molar-refractivity contribution in [2.75, 3.05) is 4.90 Å². The van der Waals surface area contributed by atoms with Crippen LogP contribution in [0.2, 0.25) is 0 Å². The van der Waals surface area contributed by atoms with Crippen molar-refractivity contribution in [3.05, 3.63) is 387 Å². The first-order valence-corrected chi connectivity index (χ1v) is 40.2. The van der Waals surface area contributed by atoms with Crippen molar-refractivity contribution in [2.24, 2.45) is 0 Å². The second kappa shape index (κ2) is 26.7. The predicted octanol–water partition coefficient (Wildman–Crippen LogP) is 18.1. The molecule has 2 aliphatic rings. The molecule has 0 unspecified atom stereocenters. The molecule has 2 heterocycles. The highest BCUT2D eigenvalue weighted by Gasteiger charge is 2.48. The summed E-state index contributed by atoms with van der Waals surface area (Å²) in [5.74, 6) is 0. The summed E-state index contributed by atoms with van der Waals surface area (Å²) in [6.07, 6.45) is 0. The quantitative estimate of drug-likeness (QED) is 0.0789. The van der Waals surface area contributed by atoms with Gasteiger partial charge in [0, 0.05) is 32.3 Å². The van der Waals surface area contributed by atoms with Gasteiger partial charge < -0.3 is 4.90 Å². The van der Waals surface area contributed by atoms with Crippen molar-refractivity contribution < 1.29 is 13.7 Å². The fourth-order valence-electron chi connectivity index (χ4n) is 16.1. The Balaban J connectivity index is 1.06. The van der Waals surface area contributed by atoms with Crippen LogP contribution >= 0.6 is 11.8 Å². The smallest absolute Gasteiger partial charge is 0.249 e. The molecule has 494 valence electrons. The Morgan fingerprint density at radius 1 is 0.291 bits per heavy atom. The fraction of sp³-hybridized carbons (Fsp3) is 0.0816. The van der Waals surface area contributed by atoms with Crippen LogP contribution in [-0.4, -0.2) is 22.9 Å². The van der Waals surface area contributed by atoms with Crippen LogP contribution in [0.5, 0.6) is 0 Å². The Morgan fingerprint density at radius 3 is 1.16 bits per heavy atom. The average Bonchev–Trinajstić information content (AvgIpc) is 0.687. The van der Waals surface area contributed by atoms with Gasteiger partial charge >= 0.3 is 0 Å². The van der Waals surface area contributed by atoms with Crippen LogP contribution in [0.15, 0.2) is 386 Å². The largest absolute Gasteiger partial charge is 0.310 e. The van der Waals surface area contributed by atoms with Gasteiger partial charge in [-0.1, -0.05) is 410 Å². The van der Waals surface area contributed by atoms with Crippen molar-refractivity contribution >= 4 is 110 Å². The van der Waals surface area contributed by atoms with E-state index in [0.29, 0.717) is 11.1 Å². The van der Waals surface area contributed by atoms with Crippen molar-refractivity contribution in [3.63, 3.8) is 0 Å². The highest BCUT2D eigenvalue weighted by molar-refractivity contribution is 8.00. The summed E-state index contributed by atoms with van der Waals surface area (Å²) in [4.78, 5) is 5.05. The Hall–Kier alpha value is -11.1. The van der Waals surface area contributed by atoms with Gasteiger partial charge in [0.05, 0.1) is 19.4 Å². The third-order valence-corrected chi connectivity index (χ3v) is 31.7. The molecule has 0 N–H and O–H groups in total. The lowest BCUT2D eigenvalue weighted by Crippen LogP contribution is -2.78. The first-order valence-electron chi connectivity index (χ1n) is 40.4. The van der Waals surface area contributed by atoms with Gasteiger partial charge in [0.1, 0.15) is 0 Å². The number of rotatable bonds is 14. The zero-order valence-electron chi connectivity index (χ0n) is 68.5. The molecule has 0 aliphatic carbocycles. The molecule has 0 saturated carbocycles. The Bertz CT molecular complexity index is 5850. The number of hydrogen-bond donors (Lipinski definition) is 0. The average molecular weight is 1380 g/mol. The van der Waals surface area contributed by atoms with E-state index in [9.17, 15) is 5.48 Å². The number of benzene rings is 15. The molecule has 1 nitrogen and oxygen atoms in total. The fourth-order valence-corrected chi connectivity index (χ4v) is 27.2. The molecule has 0 bridgehead atoms. The maximum atomic E-state index is 9.50. The van der Waals surface area contributed by atoms with Gasteiger partial charge in [-0.3, -0.25) is 0 Å². The third kappa shape index (κ3) is 11.6. The van der Waals surface area contributed by atoms with E-state index >= 15 is 0 Å². The van der Waals surface area contributed by atoms with Crippen LogP contribution in [0.1, 0.15) is 66.4 Å². The van der Waals surface area contributed by atoms with Gasteiger partial charge in [0.25, 0.3) is 0 Å². The molecule has 0 saturated heterocycles. The monoisotopic (exact) mass is 1380 g/mol. The summed E-state index contributed by atoms with van der Waals surface area (Å²) in [5.41, 5.74) is 16.2. The number of para-hydroxylation sites is 1. The molecular formula is C98H80BNSSi2. The first-order chi connectivity index (χ1) is 54.5. The van der Waals surface area contributed by atoms with E-state index in [4.69, 9.17) is 8.22 Å². The summed E-state index contributed by atoms with van der Waals surface area (Å²) in [5, 5.41) is 7.96. The molecule has 0 spiro atoms. The number of anilines is 3. The molecule has 15 aromatic rings. The maximum absolute atomic E-state index is 9.50. The normalized spacial score (nSPS) is 14.0. The molecule has 15 aromatic carbocycles. The minimum absolute atomic E-state index is 0.106. The molecule has 0 radical (unpaired) electrons. The Morgan fingerprint density at radius 2 is 0.699 bits per heavy atom. The highest BCUT2D eigenvalue weighted by Crippen LogP contribution is 2.51. The van der Waals surface area contributed by atoms with E-state index in [-0.39, 0.29) is 52.8 Å². The van der Waals surface area contributed by atoms with E-state index < -0.39 is 52.4 Å². The topological polar surface area (TPSA) is 3.24 Å². The van der Waals surface area contributed by atoms with Crippen LogP contribution in [0, 0.1) is 0 Å². The minimum atomic E-state index is -3.90. The van der Waals surface area contributed by atoms with Gasteiger partial charge in [-0.2, -0.15) is 0 Å². The second-order valence-electron chi connectivity index (χ2n) is 29.2. The van der Waals surface area contributed by atoms with Crippen molar-refractivity contribution in [1.29, 1.82) is 0 Å². The lowest BCUT2D eigenvalue weighted by atomic mass is 9.34. The van der Waals surface area contributed by atoms with Crippen LogP contribution in [0.3, 0.4) is 0 Å². The SMILES string of the molecule is [2H]c1c([2H])c([2H])c(-c2cccc([Si](c3ccccc3)(c3ccccc3)c3cc(-c4ccc5c(c4)N(c4c(-c6ccccc6)cccc4-c4ccccc4)c4cc(C(C)(C)C)cc6c4B5c4cc(C(C)(C)C)ccc4S6)cc([Si](c4ccccc4)(c4ccccc4)c4cccc(-c5c([2H])c([2H])c([2H])c([2H])c5[2H])c4)c3)c2)c([2H])c1[2H]. The van der Waals surface area contributed by atoms with Crippen molar-refractivity contribution in [1.82, 2.24) is 0 Å². The lowest BCUT2D eigenvalue weighted by Gasteiger charge is -2.43. The lowest BCUT2D eigenvalue weighted by molar-refractivity contribution is 0.589. The molecule has 0 amide bonds. The van der Waals surface area contributed by atoms with Gasteiger partial charge in [0.2, 0.25) is 6.71 Å². The van der Waals surface area contributed by atoms with Gasteiger partial charge in [-0.25, -0.2) is 0 Å². The zero-order chi connectivity index (χ0) is 78.6. The number of nitrogens with zero attached hydrogens (tertiary/aromatic N) is 1. The number of fused-ring (bicyclic) bond motifs is 4. The maximum Gasteiger partial charge on any atom is 0.249 e. The third-order valence-electron chi connectivity index (χ3n) is 21.1.